The Morgan fingerprint density at radius 3 is 2.71 bits per heavy atom. The number of hydrogen-bond acceptors (Lipinski definition) is 2. The average molecular weight is 199 g/mol. The van der Waals surface area contributed by atoms with Crippen LogP contribution in [0.5, 0.6) is 0 Å². The quantitative estimate of drug-likeness (QED) is 0.743. The molecular formula is C11H21NO2. The lowest BCUT2D eigenvalue weighted by Crippen LogP contribution is -2.42. The van der Waals surface area contributed by atoms with Crippen molar-refractivity contribution in [3.63, 3.8) is 0 Å². The van der Waals surface area contributed by atoms with Gasteiger partial charge < -0.3 is 10.0 Å². The van der Waals surface area contributed by atoms with Crippen LogP contribution in [0.2, 0.25) is 0 Å². The van der Waals surface area contributed by atoms with Crippen molar-refractivity contribution in [1.29, 1.82) is 0 Å². The van der Waals surface area contributed by atoms with Crippen LogP contribution in [0.25, 0.3) is 0 Å². The first-order chi connectivity index (χ1) is 6.65. The summed E-state index contributed by atoms with van der Waals surface area (Å²) in [5, 5.41) is 8.64. The number of carbonyl (C=O) groups is 1. The maximum Gasteiger partial charge on any atom is 0.222 e. The molecule has 0 saturated carbocycles. The Morgan fingerprint density at radius 1 is 1.43 bits per heavy atom. The molecule has 1 aliphatic heterocycles. The summed E-state index contributed by atoms with van der Waals surface area (Å²) in [6.45, 7) is 6.36. The van der Waals surface area contributed by atoms with Crippen LogP contribution in [-0.2, 0) is 4.79 Å². The highest BCUT2D eigenvalue weighted by Gasteiger charge is 2.25. The van der Waals surface area contributed by atoms with Gasteiger partial charge in [0.25, 0.3) is 0 Å². The third-order valence-corrected chi connectivity index (χ3v) is 3.24. The van der Waals surface area contributed by atoms with Crippen LogP contribution in [0.1, 0.15) is 33.1 Å². The predicted octanol–water partition coefficient (Wildman–Crippen LogP) is 1.26. The normalized spacial score (nSPS) is 27.8. The molecule has 1 fully saturated rings. The Morgan fingerprint density at radius 2 is 2.14 bits per heavy atom. The topological polar surface area (TPSA) is 40.5 Å². The summed E-state index contributed by atoms with van der Waals surface area (Å²) in [6.07, 6.45) is 2.21. The van der Waals surface area contributed by atoms with Gasteiger partial charge in [-0.1, -0.05) is 13.8 Å². The third-order valence-electron chi connectivity index (χ3n) is 3.24. The monoisotopic (exact) mass is 199 g/mol. The molecule has 3 nitrogen and oxygen atoms in total. The smallest absolute Gasteiger partial charge is 0.222 e. The molecule has 1 amide bonds. The molecule has 3 heteroatoms. The molecule has 1 N–H and O–H groups in total. The molecule has 0 bridgehead atoms. The zero-order valence-corrected chi connectivity index (χ0v) is 9.20. The van der Waals surface area contributed by atoms with E-state index in [2.05, 4.69) is 13.8 Å². The Bertz CT molecular complexity index is 194. The van der Waals surface area contributed by atoms with Crippen molar-refractivity contribution < 1.29 is 9.90 Å². The van der Waals surface area contributed by atoms with Gasteiger partial charge in [-0.2, -0.15) is 0 Å². The number of hydrogen-bond donors (Lipinski definition) is 1. The maximum absolute atomic E-state index is 11.6. The van der Waals surface area contributed by atoms with Crippen LogP contribution < -0.4 is 0 Å². The number of nitrogens with zero attached hydrogens (tertiary/aromatic N) is 1. The molecule has 1 rings (SSSR count). The van der Waals surface area contributed by atoms with Crippen LogP contribution in [0.3, 0.4) is 0 Å². The van der Waals surface area contributed by atoms with E-state index in [1.165, 1.54) is 0 Å². The van der Waals surface area contributed by atoms with Gasteiger partial charge in [0, 0.05) is 26.1 Å². The summed E-state index contributed by atoms with van der Waals surface area (Å²) in [5.74, 6) is 1.55. The van der Waals surface area contributed by atoms with Gasteiger partial charge in [-0.15, -0.1) is 0 Å². The molecule has 1 heterocycles. The van der Waals surface area contributed by atoms with E-state index >= 15 is 0 Å². The third kappa shape index (κ3) is 2.98. The Kier molecular flexibility index (Phi) is 4.39. The minimum atomic E-state index is 0.117. The minimum absolute atomic E-state index is 0.117. The van der Waals surface area contributed by atoms with E-state index in [0.29, 0.717) is 18.8 Å². The first kappa shape index (κ1) is 11.5. The van der Waals surface area contributed by atoms with Crippen LogP contribution >= 0.6 is 0 Å². The number of amides is 1. The second-order valence-electron chi connectivity index (χ2n) is 4.41. The lowest BCUT2D eigenvalue weighted by atomic mass is 9.88. The van der Waals surface area contributed by atoms with E-state index < -0.39 is 0 Å². The van der Waals surface area contributed by atoms with Gasteiger partial charge in [0.05, 0.1) is 0 Å². The van der Waals surface area contributed by atoms with Crippen molar-refractivity contribution in [1.82, 2.24) is 4.90 Å². The molecule has 0 aromatic heterocycles. The van der Waals surface area contributed by atoms with E-state index in [-0.39, 0.29) is 12.5 Å². The standard InChI is InChI=1S/C11H21NO2/c1-9-5-6-12(8-10(9)2)11(14)4-3-7-13/h9-10,13H,3-8H2,1-2H3. The largest absolute Gasteiger partial charge is 0.396 e. The fourth-order valence-electron chi connectivity index (χ4n) is 1.88. The highest BCUT2D eigenvalue weighted by Crippen LogP contribution is 2.22. The van der Waals surface area contributed by atoms with Crippen molar-refractivity contribution in [3.05, 3.63) is 0 Å². The number of aliphatic hydroxyl groups is 1. The number of piperidine rings is 1. The first-order valence-corrected chi connectivity index (χ1v) is 5.53. The molecule has 2 unspecified atom stereocenters. The van der Waals surface area contributed by atoms with Crippen LogP contribution in [0, 0.1) is 11.8 Å². The summed E-state index contributed by atoms with van der Waals surface area (Å²) in [6, 6.07) is 0. The van der Waals surface area contributed by atoms with E-state index in [1.54, 1.807) is 0 Å². The van der Waals surface area contributed by atoms with Gasteiger partial charge in [0.15, 0.2) is 0 Å². The molecule has 0 aliphatic carbocycles. The van der Waals surface area contributed by atoms with Crippen molar-refractivity contribution in [3.8, 4) is 0 Å². The van der Waals surface area contributed by atoms with Gasteiger partial charge in [-0.3, -0.25) is 4.79 Å². The van der Waals surface area contributed by atoms with Gasteiger partial charge in [-0.25, -0.2) is 0 Å². The summed E-state index contributed by atoms with van der Waals surface area (Å²) >= 11 is 0. The number of rotatable bonds is 3. The van der Waals surface area contributed by atoms with Crippen LogP contribution in [0.4, 0.5) is 0 Å². The zero-order valence-electron chi connectivity index (χ0n) is 9.20. The van der Waals surface area contributed by atoms with Crippen molar-refractivity contribution in [2.24, 2.45) is 11.8 Å². The Balaban J connectivity index is 2.34. The molecule has 0 spiro atoms. The summed E-state index contributed by atoms with van der Waals surface area (Å²) < 4.78 is 0. The molecule has 1 saturated heterocycles. The minimum Gasteiger partial charge on any atom is -0.396 e. The van der Waals surface area contributed by atoms with E-state index in [0.717, 1.165) is 25.4 Å². The number of likely N-dealkylation sites (tertiary alicyclic amines) is 1. The van der Waals surface area contributed by atoms with Gasteiger partial charge in [0.1, 0.15) is 0 Å². The Labute approximate surface area is 86.1 Å². The number of carbonyl (C=O) groups excluding carboxylic acids is 1. The molecule has 0 radical (unpaired) electrons. The fraction of sp³-hybridized carbons (Fsp3) is 0.909. The second-order valence-corrected chi connectivity index (χ2v) is 4.41. The molecule has 14 heavy (non-hydrogen) atoms. The zero-order chi connectivity index (χ0) is 10.6. The Hall–Kier alpha value is -0.570. The van der Waals surface area contributed by atoms with Crippen LogP contribution in [-0.4, -0.2) is 35.6 Å². The highest BCUT2D eigenvalue weighted by molar-refractivity contribution is 5.76. The van der Waals surface area contributed by atoms with E-state index in [4.69, 9.17) is 5.11 Å². The molecule has 0 aromatic carbocycles. The predicted molar refractivity (Wildman–Crippen MR) is 55.8 cm³/mol. The summed E-state index contributed by atoms with van der Waals surface area (Å²) in [5.41, 5.74) is 0. The highest BCUT2D eigenvalue weighted by atomic mass is 16.3. The van der Waals surface area contributed by atoms with Gasteiger partial charge in [-0.05, 0) is 24.7 Å². The average Bonchev–Trinajstić information content (AvgIpc) is 2.18. The fourth-order valence-corrected chi connectivity index (χ4v) is 1.88. The number of aliphatic hydroxyl groups excluding tert-OH is 1. The maximum atomic E-state index is 11.6. The molecule has 1 aliphatic rings. The molecule has 82 valence electrons. The SMILES string of the molecule is CC1CCN(C(=O)CCCO)CC1C. The van der Waals surface area contributed by atoms with Gasteiger partial charge in [0.2, 0.25) is 5.91 Å². The lowest BCUT2D eigenvalue weighted by molar-refractivity contribution is -0.133. The van der Waals surface area contributed by atoms with Crippen molar-refractivity contribution in [2.75, 3.05) is 19.7 Å². The van der Waals surface area contributed by atoms with Crippen LogP contribution in [0.15, 0.2) is 0 Å². The summed E-state index contributed by atoms with van der Waals surface area (Å²) in [4.78, 5) is 13.6. The van der Waals surface area contributed by atoms with Gasteiger partial charge >= 0.3 is 0 Å². The lowest BCUT2D eigenvalue weighted by Gasteiger charge is -2.35. The van der Waals surface area contributed by atoms with Crippen molar-refractivity contribution >= 4 is 5.91 Å². The van der Waals surface area contributed by atoms with E-state index in [1.807, 2.05) is 4.90 Å². The van der Waals surface area contributed by atoms with E-state index in [9.17, 15) is 4.79 Å². The second kappa shape index (κ2) is 5.35. The molecular weight excluding hydrogens is 178 g/mol. The summed E-state index contributed by atoms with van der Waals surface area (Å²) in [7, 11) is 0. The molecule has 2 atom stereocenters. The first-order valence-electron chi connectivity index (χ1n) is 5.53. The molecule has 0 aromatic rings. The van der Waals surface area contributed by atoms with Crippen molar-refractivity contribution in [2.45, 2.75) is 33.1 Å².